The summed E-state index contributed by atoms with van der Waals surface area (Å²) in [7, 11) is 0. The van der Waals surface area contributed by atoms with Crippen molar-refractivity contribution in [2.24, 2.45) is 5.73 Å². The number of rotatable bonds is 6. The SMILES string of the molecule is CCCOc1ccccc1C1C(C#N)=C(N)Oc2cc(OC(=O)c3ccccc3Br)ccc21. The molecule has 1 aliphatic rings. The molecule has 6 nitrogen and oxygen atoms in total. The van der Waals surface area contributed by atoms with Gasteiger partial charge in [-0.3, -0.25) is 0 Å². The van der Waals surface area contributed by atoms with Crippen LogP contribution in [0, 0.1) is 11.3 Å². The summed E-state index contributed by atoms with van der Waals surface area (Å²) in [6.07, 6.45) is 0.855. The number of benzene rings is 3. The Morgan fingerprint density at radius 2 is 1.88 bits per heavy atom. The molecule has 0 bridgehead atoms. The summed E-state index contributed by atoms with van der Waals surface area (Å²) >= 11 is 3.36. The van der Waals surface area contributed by atoms with Gasteiger partial charge in [-0.15, -0.1) is 0 Å². The molecule has 1 unspecified atom stereocenters. The van der Waals surface area contributed by atoms with Crippen molar-refractivity contribution in [3.63, 3.8) is 0 Å². The highest BCUT2D eigenvalue weighted by molar-refractivity contribution is 9.10. The van der Waals surface area contributed by atoms with Crippen molar-refractivity contribution < 1.29 is 19.0 Å². The monoisotopic (exact) mass is 504 g/mol. The number of carbonyl (C=O) groups is 1. The summed E-state index contributed by atoms with van der Waals surface area (Å²) in [5.41, 5.74) is 8.37. The summed E-state index contributed by atoms with van der Waals surface area (Å²) in [5, 5.41) is 9.83. The van der Waals surface area contributed by atoms with E-state index in [-0.39, 0.29) is 5.88 Å². The molecule has 33 heavy (non-hydrogen) atoms. The van der Waals surface area contributed by atoms with Gasteiger partial charge < -0.3 is 19.9 Å². The molecule has 0 radical (unpaired) electrons. The normalized spacial score (nSPS) is 14.6. The fourth-order valence-electron chi connectivity index (χ4n) is 3.67. The average Bonchev–Trinajstić information content (AvgIpc) is 2.82. The molecule has 4 rings (SSSR count). The minimum Gasteiger partial charge on any atom is -0.493 e. The largest absolute Gasteiger partial charge is 0.493 e. The highest BCUT2D eigenvalue weighted by Gasteiger charge is 2.33. The molecule has 0 saturated carbocycles. The van der Waals surface area contributed by atoms with Crippen LogP contribution in [0.15, 0.2) is 82.7 Å². The van der Waals surface area contributed by atoms with E-state index in [0.29, 0.717) is 39.5 Å². The first kappa shape index (κ1) is 22.4. The van der Waals surface area contributed by atoms with Gasteiger partial charge in [-0.05, 0) is 46.6 Å². The van der Waals surface area contributed by atoms with Crippen molar-refractivity contribution in [2.75, 3.05) is 6.61 Å². The van der Waals surface area contributed by atoms with Gasteiger partial charge in [-0.2, -0.15) is 5.26 Å². The predicted octanol–water partition coefficient (Wildman–Crippen LogP) is 5.68. The number of nitrogens with zero attached hydrogens (tertiary/aromatic N) is 1. The maximum atomic E-state index is 12.6. The zero-order valence-electron chi connectivity index (χ0n) is 17.9. The van der Waals surface area contributed by atoms with E-state index in [1.54, 1.807) is 36.4 Å². The van der Waals surface area contributed by atoms with Crippen molar-refractivity contribution in [3.05, 3.63) is 99.3 Å². The van der Waals surface area contributed by atoms with Crippen molar-refractivity contribution in [1.29, 1.82) is 5.26 Å². The molecule has 0 aliphatic carbocycles. The molecule has 0 aromatic heterocycles. The third-order valence-corrected chi connectivity index (χ3v) is 5.88. The number of hydrogen-bond acceptors (Lipinski definition) is 6. The summed E-state index contributed by atoms with van der Waals surface area (Å²) in [6.45, 7) is 2.58. The van der Waals surface area contributed by atoms with Gasteiger partial charge in [-0.25, -0.2) is 4.79 Å². The fourth-order valence-corrected chi connectivity index (χ4v) is 4.12. The number of carbonyl (C=O) groups excluding carboxylic acids is 1. The predicted molar refractivity (Wildman–Crippen MR) is 127 cm³/mol. The van der Waals surface area contributed by atoms with Gasteiger partial charge in [-0.1, -0.05) is 43.3 Å². The lowest BCUT2D eigenvalue weighted by molar-refractivity contribution is 0.0733. The second-order valence-electron chi connectivity index (χ2n) is 7.38. The standard InChI is InChI=1S/C26H21BrN2O4/c1-2-13-31-22-10-6-4-8-18(22)24-19-12-11-16(14-23(19)33-25(29)20(24)15-28)32-26(30)17-7-3-5-9-21(17)27/h3-12,14,24H,2,13,29H2,1H3. The van der Waals surface area contributed by atoms with Gasteiger partial charge in [0.05, 0.1) is 18.1 Å². The summed E-state index contributed by atoms with van der Waals surface area (Å²) < 4.78 is 17.9. The maximum absolute atomic E-state index is 12.6. The van der Waals surface area contributed by atoms with Crippen LogP contribution >= 0.6 is 15.9 Å². The van der Waals surface area contributed by atoms with E-state index >= 15 is 0 Å². The van der Waals surface area contributed by atoms with Crippen LogP contribution in [-0.2, 0) is 0 Å². The summed E-state index contributed by atoms with van der Waals surface area (Å²) in [6, 6.07) is 21.8. The van der Waals surface area contributed by atoms with E-state index in [0.717, 1.165) is 17.5 Å². The van der Waals surface area contributed by atoms with Gasteiger partial charge in [0.15, 0.2) is 0 Å². The van der Waals surface area contributed by atoms with Gasteiger partial charge in [0.1, 0.15) is 28.9 Å². The lowest BCUT2D eigenvalue weighted by atomic mass is 9.83. The van der Waals surface area contributed by atoms with E-state index in [9.17, 15) is 10.1 Å². The lowest BCUT2D eigenvalue weighted by Crippen LogP contribution is -2.21. The average molecular weight is 505 g/mol. The molecule has 0 spiro atoms. The molecule has 1 heterocycles. The van der Waals surface area contributed by atoms with E-state index < -0.39 is 11.9 Å². The number of ether oxygens (including phenoxy) is 3. The van der Waals surface area contributed by atoms with Crippen LogP contribution in [-0.4, -0.2) is 12.6 Å². The first-order chi connectivity index (χ1) is 16.0. The molecule has 1 aliphatic heterocycles. The van der Waals surface area contributed by atoms with Crippen LogP contribution in [0.1, 0.15) is 40.7 Å². The van der Waals surface area contributed by atoms with Crippen LogP contribution in [0.2, 0.25) is 0 Å². The lowest BCUT2D eigenvalue weighted by Gasteiger charge is -2.28. The van der Waals surface area contributed by atoms with Crippen LogP contribution in [0.5, 0.6) is 17.2 Å². The Bertz CT molecular complexity index is 1280. The Hall–Kier alpha value is -3.76. The molecular formula is C26H21BrN2O4. The maximum Gasteiger partial charge on any atom is 0.344 e. The molecule has 166 valence electrons. The molecule has 0 amide bonds. The first-order valence-electron chi connectivity index (χ1n) is 10.4. The van der Waals surface area contributed by atoms with Gasteiger partial charge >= 0.3 is 5.97 Å². The Morgan fingerprint density at radius 1 is 1.12 bits per heavy atom. The minimum absolute atomic E-state index is 0.00887. The van der Waals surface area contributed by atoms with Crippen molar-refractivity contribution in [1.82, 2.24) is 0 Å². The smallest absolute Gasteiger partial charge is 0.344 e. The number of halogens is 1. The second-order valence-corrected chi connectivity index (χ2v) is 8.23. The molecule has 3 aromatic rings. The molecule has 3 aromatic carbocycles. The Balaban J connectivity index is 1.72. The van der Waals surface area contributed by atoms with E-state index in [1.807, 2.05) is 37.3 Å². The topological polar surface area (TPSA) is 94.6 Å². The number of nitriles is 1. The Kier molecular flexibility index (Phi) is 6.66. The second kappa shape index (κ2) is 9.80. The van der Waals surface area contributed by atoms with Crippen LogP contribution in [0.25, 0.3) is 0 Å². The number of fused-ring (bicyclic) bond motifs is 1. The van der Waals surface area contributed by atoms with Crippen LogP contribution in [0.4, 0.5) is 0 Å². The fraction of sp³-hybridized carbons (Fsp3) is 0.154. The molecule has 0 fully saturated rings. The van der Waals surface area contributed by atoms with E-state index in [2.05, 4.69) is 22.0 Å². The zero-order valence-corrected chi connectivity index (χ0v) is 19.5. The van der Waals surface area contributed by atoms with E-state index in [1.165, 1.54) is 0 Å². The Labute approximate surface area is 200 Å². The molecule has 2 N–H and O–H groups in total. The van der Waals surface area contributed by atoms with Crippen molar-refractivity contribution in [2.45, 2.75) is 19.3 Å². The zero-order chi connectivity index (χ0) is 23.4. The van der Waals surface area contributed by atoms with Gasteiger partial charge in [0.25, 0.3) is 0 Å². The van der Waals surface area contributed by atoms with Crippen molar-refractivity contribution >= 4 is 21.9 Å². The number of allylic oxidation sites excluding steroid dienone is 1. The number of esters is 1. The van der Waals surface area contributed by atoms with Crippen LogP contribution in [0.3, 0.4) is 0 Å². The van der Waals surface area contributed by atoms with E-state index in [4.69, 9.17) is 19.9 Å². The summed E-state index contributed by atoms with van der Waals surface area (Å²) in [5.74, 6) is 0.433. The number of para-hydroxylation sites is 1. The quantitative estimate of drug-likeness (QED) is 0.343. The molecule has 1 atom stereocenters. The first-order valence-corrected chi connectivity index (χ1v) is 11.2. The van der Waals surface area contributed by atoms with Crippen LogP contribution < -0.4 is 19.9 Å². The highest BCUT2D eigenvalue weighted by atomic mass is 79.9. The van der Waals surface area contributed by atoms with Gasteiger partial charge in [0, 0.05) is 21.7 Å². The third kappa shape index (κ3) is 4.57. The summed E-state index contributed by atoms with van der Waals surface area (Å²) in [4.78, 5) is 12.6. The molecular weight excluding hydrogens is 484 g/mol. The Morgan fingerprint density at radius 3 is 2.64 bits per heavy atom. The number of nitrogens with two attached hydrogens (primary N) is 1. The minimum atomic E-state index is -0.505. The third-order valence-electron chi connectivity index (χ3n) is 5.19. The van der Waals surface area contributed by atoms with Gasteiger partial charge in [0.2, 0.25) is 5.88 Å². The van der Waals surface area contributed by atoms with Crippen molar-refractivity contribution in [3.8, 4) is 23.3 Å². The highest BCUT2D eigenvalue weighted by Crippen LogP contribution is 2.46. The molecule has 7 heteroatoms. The number of hydrogen-bond donors (Lipinski definition) is 1. The molecule has 0 saturated heterocycles.